The fourth-order valence-corrected chi connectivity index (χ4v) is 4.87. The number of hydrogen-bond acceptors (Lipinski definition) is 7. The zero-order chi connectivity index (χ0) is 28.6. The minimum Gasteiger partial charge on any atom is -0.369 e. The molecule has 7 nitrogen and oxygen atoms in total. The molecule has 2 atom stereocenters. The molecule has 1 aliphatic heterocycles. The first-order chi connectivity index (χ1) is 20.0. The second kappa shape index (κ2) is 13.4. The van der Waals surface area contributed by atoms with Crippen molar-refractivity contribution in [3.8, 4) is 11.4 Å². The summed E-state index contributed by atoms with van der Waals surface area (Å²) < 4.78 is 13.7. The summed E-state index contributed by atoms with van der Waals surface area (Å²) in [5.41, 5.74) is 5.53. The number of nitrogens with zero attached hydrogens (tertiary/aromatic N) is 4. The highest BCUT2D eigenvalue weighted by Crippen LogP contribution is 2.27. The van der Waals surface area contributed by atoms with Crippen LogP contribution in [-0.4, -0.2) is 57.9 Å². The Kier molecular flexibility index (Phi) is 9.23. The van der Waals surface area contributed by atoms with Gasteiger partial charge in [-0.3, -0.25) is 19.7 Å². The maximum absolute atomic E-state index is 13.7. The smallest absolute Gasteiger partial charge is 0.180 e. The second-order valence-electron chi connectivity index (χ2n) is 10.3. The fourth-order valence-electron chi connectivity index (χ4n) is 4.87. The molecule has 0 amide bonds. The summed E-state index contributed by atoms with van der Waals surface area (Å²) in [6, 6.07) is 18.6. The number of pyridine rings is 3. The van der Waals surface area contributed by atoms with Crippen LogP contribution in [0.1, 0.15) is 39.7 Å². The van der Waals surface area contributed by atoms with Gasteiger partial charge in [0.15, 0.2) is 5.78 Å². The van der Waals surface area contributed by atoms with Crippen LogP contribution in [0.25, 0.3) is 17.5 Å². The summed E-state index contributed by atoms with van der Waals surface area (Å²) in [6.07, 6.45) is 6.68. The summed E-state index contributed by atoms with van der Waals surface area (Å²) in [5, 5.41) is 6.63. The maximum atomic E-state index is 13.7. The van der Waals surface area contributed by atoms with Crippen molar-refractivity contribution < 1.29 is 9.18 Å². The van der Waals surface area contributed by atoms with E-state index in [0.29, 0.717) is 48.3 Å². The lowest BCUT2D eigenvalue weighted by atomic mass is 10.0. The molecule has 4 heterocycles. The Balaban J connectivity index is 1.31. The third-order valence-electron chi connectivity index (χ3n) is 7.28. The van der Waals surface area contributed by atoms with E-state index in [2.05, 4.69) is 45.1 Å². The van der Waals surface area contributed by atoms with E-state index in [1.807, 2.05) is 42.6 Å². The first kappa shape index (κ1) is 28.3. The van der Waals surface area contributed by atoms with Crippen LogP contribution in [-0.2, 0) is 19.4 Å². The first-order valence-electron chi connectivity index (χ1n) is 14.0. The van der Waals surface area contributed by atoms with Crippen LogP contribution in [0.3, 0.4) is 0 Å². The van der Waals surface area contributed by atoms with Crippen LogP contribution < -0.4 is 10.6 Å². The molecule has 4 aromatic rings. The number of aromatic nitrogens is 3. The molecule has 5 rings (SSSR count). The van der Waals surface area contributed by atoms with Gasteiger partial charge < -0.3 is 10.6 Å². The lowest BCUT2D eigenvalue weighted by Gasteiger charge is -2.15. The molecule has 1 saturated heterocycles. The van der Waals surface area contributed by atoms with Gasteiger partial charge in [0.1, 0.15) is 11.6 Å². The zero-order valence-corrected chi connectivity index (χ0v) is 23.3. The zero-order valence-electron chi connectivity index (χ0n) is 23.3. The molecular weight excluding hydrogens is 515 g/mol. The number of carbonyl (C=O) groups excluding carboxylic acids is 1. The van der Waals surface area contributed by atoms with Crippen LogP contribution in [0.4, 0.5) is 10.2 Å². The molecule has 1 aromatic carbocycles. The Morgan fingerprint density at radius 1 is 1.10 bits per heavy atom. The van der Waals surface area contributed by atoms with E-state index in [4.69, 9.17) is 4.98 Å². The number of anilines is 1. The van der Waals surface area contributed by atoms with E-state index in [1.54, 1.807) is 18.3 Å². The lowest BCUT2D eigenvalue weighted by molar-refractivity contribution is 0.0991. The van der Waals surface area contributed by atoms with Gasteiger partial charge in [-0.1, -0.05) is 36.9 Å². The van der Waals surface area contributed by atoms with Gasteiger partial charge in [-0.15, -0.1) is 0 Å². The highest BCUT2D eigenvalue weighted by Gasteiger charge is 2.28. The van der Waals surface area contributed by atoms with Gasteiger partial charge in [-0.2, -0.15) is 0 Å². The topological polar surface area (TPSA) is 82.8 Å². The predicted octanol–water partition coefficient (Wildman–Crippen LogP) is 5.19. The van der Waals surface area contributed by atoms with Gasteiger partial charge in [0, 0.05) is 62.3 Å². The number of benzene rings is 1. The molecule has 1 aliphatic rings. The molecule has 8 heteroatoms. The van der Waals surface area contributed by atoms with Gasteiger partial charge in [0.25, 0.3) is 0 Å². The van der Waals surface area contributed by atoms with Crippen molar-refractivity contribution in [2.24, 2.45) is 0 Å². The van der Waals surface area contributed by atoms with Gasteiger partial charge in [-0.05, 0) is 60.9 Å². The largest absolute Gasteiger partial charge is 0.369 e. The molecule has 1 fully saturated rings. The van der Waals surface area contributed by atoms with E-state index in [9.17, 15) is 9.18 Å². The van der Waals surface area contributed by atoms with Crippen LogP contribution >= 0.6 is 0 Å². The monoisotopic (exact) mass is 550 g/mol. The van der Waals surface area contributed by atoms with Crippen molar-refractivity contribution in [1.82, 2.24) is 25.2 Å². The van der Waals surface area contributed by atoms with Crippen molar-refractivity contribution in [3.63, 3.8) is 0 Å². The Morgan fingerprint density at radius 3 is 2.71 bits per heavy atom. The molecule has 3 aromatic heterocycles. The minimum atomic E-state index is -0.272. The molecule has 0 bridgehead atoms. The van der Waals surface area contributed by atoms with Gasteiger partial charge >= 0.3 is 0 Å². The van der Waals surface area contributed by atoms with Gasteiger partial charge in [0.05, 0.1) is 23.5 Å². The Morgan fingerprint density at radius 2 is 1.95 bits per heavy atom. The molecule has 41 heavy (non-hydrogen) atoms. The van der Waals surface area contributed by atoms with Crippen molar-refractivity contribution in [1.29, 1.82) is 0 Å². The Hall–Kier alpha value is -4.27. The third-order valence-corrected chi connectivity index (χ3v) is 7.28. The van der Waals surface area contributed by atoms with E-state index in [1.165, 1.54) is 12.1 Å². The highest BCUT2D eigenvalue weighted by molar-refractivity contribution is 6.03. The van der Waals surface area contributed by atoms with Crippen LogP contribution in [0.5, 0.6) is 0 Å². The van der Waals surface area contributed by atoms with Crippen LogP contribution in [0.2, 0.25) is 0 Å². The average molecular weight is 551 g/mol. The number of nitrogens with one attached hydrogen (secondary N) is 2. The van der Waals surface area contributed by atoms with Crippen LogP contribution in [0, 0.1) is 5.82 Å². The van der Waals surface area contributed by atoms with E-state index in [0.717, 1.165) is 41.9 Å². The second-order valence-corrected chi connectivity index (χ2v) is 10.3. The molecule has 0 aliphatic carbocycles. The molecule has 2 N–H and O–H groups in total. The molecule has 210 valence electrons. The lowest BCUT2D eigenvalue weighted by Crippen LogP contribution is -2.25. The number of rotatable bonds is 14. The molecule has 2 unspecified atom stereocenters. The average Bonchev–Trinajstić information content (AvgIpc) is 3.71. The van der Waals surface area contributed by atoms with Crippen molar-refractivity contribution in [2.75, 3.05) is 31.5 Å². The molecule has 0 saturated carbocycles. The number of Topliss-reactive ketones (excluding diaryl/α,β-unsaturated/α-hetero) is 1. The molecular formula is C33H35FN6O. The summed E-state index contributed by atoms with van der Waals surface area (Å²) >= 11 is 0. The van der Waals surface area contributed by atoms with E-state index < -0.39 is 0 Å². The maximum Gasteiger partial charge on any atom is 0.180 e. The molecule has 0 radical (unpaired) electrons. The van der Waals surface area contributed by atoms with Gasteiger partial charge in [-0.25, -0.2) is 9.37 Å². The summed E-state index contributed by atoms with van der Waals surface area (Å²) in [5.74, 6) is 0.102. The fraction of sp³-hybridized carbons (Fsp3) is 0.273. The molecule has 0 spiro atoms. The van der Waals surface area contributed by atoms with E-state index in [-0.39, 0.29) is 18.1 Å². The number of halogens is 1. The van der Waals surface area contributed by atoms with Crippen molar-refractivity contribution >= 4 is 17.7 Å². The number of carbonyl (C=O) groups is 1. The SMILES string of the molecule is C=Cc1cc(C(=O)CNCc2cccnc2CCN2CC2C)c(NCCc2cccc(F)c2)nc1-c1ccccn1. The van der Waals surface area contributed by atoms with Crippen LogP contribution in [0.15, 0.2) is 79.6 Å². The summed E-state index contributed by atoms with van der Waals surface area (Å²) in [7, 11) is 0. The highest BCUT2D eigenvalue weighted by atomic mass is 19.1. The van der Waals surface area contributed by atoms with E-state index >= 15 is 0 Å². The third kappa shape index (κ3) is 7.48. The summed E-state index contributed by atoms with van der Waals surface area (Å²) in [4.78, 5) is 29.8. The quantitative estimate of drug-likeness (QED) is 0.165. The predicted molar refractivity (Wildman–Crippen MR) is 161 cm³/mol. The van der Waals surface area contributed by atoms with Crippen molar-refractivity contribution in [2.45, 2.75) is 32.4 Å². The summed E-state index contributed by atoms with van der Waals surface area (Å²) in [6.45, 7) is 9.47. The Labute approximate surface area is 240 Å². The number of hydrogen-bond donors (Lipinski definition) is 2. The Bertz CT molecular complexity index is 1510. The van der Waals surface area contributed by atoms with Gasteiger partial charge in [0.2, 0.25) is 0 Å². The van der Waals surface area contributed by atoms with Crippen molar-refractivity contribution in [3.05, 3.63) is 113 Å². The first-order valence-corrected chi connectivity index (χ1v) is 14.0. The number of ketones is 1. The normalized spacial score (nSPS) is 15.9. The standard InChI is InChI=1S/C33H35FN6O/c1-3-25-19-28(31(41)21-35-20-26-9-7-15-36-29(26)13-17-40-22-23(40)2)33(39-32(25)30-11-4-5-14-37-30)38-16-12-24-8-6-10-27(34)18-24/h3-11,14-15,18-19,23,35H,1,12-13,16-17,20-22H2,2H3,(H,38,39). The minimum absolute atomic E-state index is 0.0928.